The van der Waals surface area contributed by atoms with Gasteiger partial charge in [-0.05, 0) is 24.6 Å². The zero-order valence-electron chi connectivity index (χ0n) is 10.6. The Morgan fingerprint density at radius 1 is 1.22 bits per heavy atom. The van der Waals surface area contributed by atoms with Gasteiger partial charge in [-0.1, -0.05) is 0 Å². The molecule has 3 N–H and O–H groups in total. The van der Waals surface area contributed by atoms with Gasteiger partial charge in [-0.15, -0.1) is 0 Å². The van der Waals surface area contributed by atoms with Crippen LogP contribution >= 0.6 is 0 Å². The molecule has 0 bridgehead atoms. The zero-order valence-corrected chi connectivity index (χ0v) is 10.6. The summed E-state index contributed by atoms with van der Waals surface area (Å²) in [6, 6.07) is 3.54. The molecule has 0 aliphatic carbocycles. The summed E-state index contributed by atoms with van der Waals surface area (Å²) in [6.07, 6.45) is 0. The number of primary amides is 1. The first-order valence-electron chi connectivity index (χ1n) is 5.28. The van der Waals surface area contributed by atoms with Gasteiger partial charge in [0.05, 0.1) is 14.2 Å². The number of hydrogen-bond donors (Lipinski definition) is 2. The van der Waals surface area contributed by atoms with Crippen LogP contribution in [0, 0.1) is 6.92 Å². The molecule has 0 spiro atoms. The van der Waals surface area contributed by atoms with Crippen molar-refractivity contribution in [1.82, 2.24) is 5.32 Å². The van der Waals surface area contributed by atoms with Gasteiger partial charge in [-0.2, -0.15) is 0 Å². The lowest BCUT2D eigenvalue weighted by molar-refractivity contribution is -0.137. The van der Waals surface area contributed by atoms with Crippen molar-refractivity contribution < 1.29 is 19.1 Å². The first-order chi connectivity index (χ1) is 8.49. The molecule has 6 nitrogen and oxygen atoms in total. The Hall–Kier alpha value is -2.24. The molecule has 0 aliphatic heterocycles. The Bertz CT molecular complexity index is 471. The van der Waals surface area contributed by atoms with Gasteiger partial charge in [-0.25, -0.2) is 0 Å². The average Bonchev–Trinajstić information content (AvgIpc) is 2.36. The molecule has 98 valence electrons. The molecule has 1 rings (SSSR count). The Labute approximate surface area is 105 Å². The Balaban J connectivity index is 2.93. The number of benzene rings is 1. The van der Waals surface area contributed by atoms with Crippen molar-refractivity contribution in [1.29, 1.82) is 0 Å². The maximum absolute atomic E-state index is 11.1. The number of carbonyl (C=O) groups excluding carboxylic acids is 2. The minimum absolute atomic E-state index is 0.140. The monoisotopic (exact) mass is 252 g/mol. The van der Waals surface area contributed by atoms with Crippen LogP contribution in [0.4, 0.5) is 0 Å². The third-order valence-electron chi connectivity index (χ3n) is 2.46. The summed E-state index contributed by atoms with van der Waals surface area (Å²) in [5.41, 5.74) is 6.46. The zero-order chi connectivity index (χ0) is 13.7. The average molecular weight is 252 g/mol. The highest BCUT2D eigenvalue weighted by Crippen LogP contribution is 2.27. The maximum Gasteiger partial charge on any atom is 0.309 e. The molecule has 18 heavy (non-hydrogen) atoms. The molecule has 6 heteroatoms. The molecule has 0 heterocycles. The Kier molecular flexibility index (Phi) is 4.53. The number of nitrogens with two attached hydrogens (primary N) is 1. The number of amides is 2. The first kappa shape index (κ1) is 13.8. The third kappa shape index (κ3) is 3.13. The van der Waals surface area contributed by atoms with Crippen molar-refractivity contribution in [3.63, 3.8) is 0 Å². The Morgan fingerprint density at radius 2 is 1.83 bits per heavy atom. The van der Waals surface area contributed by atoms with Crippen LogP contribution in [0.3, 0.4) is 0 Å². The molecule has 2 amide bonds. The van der Waals surface area contributed by atoms with Crippen LogP contribution in [0.1, 0.15) is 11.1 Å². The quantitative estimate of drug-likeness (QED) is 0.744. The molecular formula is C12H16N2O4. The molecule has 1 aromatic carbocycles. The van der Waals surface area contributed by atoms with E-state index in [9.17, 15) is 9.59 Å². The standard InChI is InChI=1S/C12H16N2O4/c1-7-4-10(18-3)8(5-9(7)17-2)6-14-12(16)11(13)15/h4-5H,6H2,1-3H3,(H2,13,15)(H,14,16). The normalized spacial score (nSPS) is 9.72. The van der Waals surface area contributed by atoms with Gasteiger partial charge in [0.25, 0.3) is 0 Å². The predicted octanol–water partition coefficient (Wildman–Crippen LogP) is 0.114. The van der Waals surface area contributed by atoms with E-state index in [0.717, 1.165) is 5.56 Å². The second-order valence-corrected chi connectivity index (χ2v) is 3.68. The summed E-state index contributed by atoms with van der Waals surface area (Å²) in [7, 11) is 3.08. The van der Waals surface area contributed by atoms with Crippen molar-refractivity contribution in [2.24, 2.45) is 5.73 Å². The van der Waals surface area contributed by atoms with Crippen molar-refractivity contribution in [2.45, 2.75) is 13.5 Å². The van der Waals surface area contributed by atoms with E-state index in [1.165, 1.54) is 7.11 Å². The van der Waals surface area contributed by atoms with Crippen LogP contribution in [-0.4, -0.2) is 26.0 Å². The highest BCUT2D eigenvalue weighted by atomic mass is 16.5. The van der Waals surface area contributed by atoms with Gasteiger partial charge in [0, 0.05) is 12.1 Å². The van der Waals surface area contributed by atoms with Gasteiger partial charge in [0.1, 0.15) is 11.5 Å². The van der Waals surface area contributed by atoms with Crippen LogP contribution < -0.4 is 20.5 Å². The largest absolute Gasteiger partial charge is 0.496 e. The summed E-state index contributed by atoms with van der Waals surface area (Å²) in [5.74, 6) is -0.568. The summed E-state index contributed by atoms with van der Waals surface area (Å²) in [4.78, 5) is 21.7. The number of nitrogens with one attached hydrogen (secondary N) is 1. The number of hydrogen-bond acceptors (Lipinski definition) is 4. The number of aryl methyl sites for hydroxylation is 1. The highest BCUT2D eigenvalue weighted by Gasteiger charge is 2.12. The van der Waals surface area contributed by atoms with Crippen molar-refractivity contribution in [3.05, 3.63) is 23.3 Å². The van der Waals surface area contributed by atoms with E-state index in [2.05, 4.69) is 5.32 Å². The van der Waals surface area contributed by atoms with Crippen LogP contribution in [0.15, 0.2) is 12.1 Å². The topological polar surface area (TPSA) is 90.6 Å². The molecular weight excluding hydrogens is 236 g/mol. The van der Waals surface area contributed by atoms with Crippen LogP contribution in [0.25, 0.3) is 0 Å². The lowest BCUT2D eigenvalue weighted by atomic mass is 10.1. The molecule has 0 saturated carbocycles. The summed E-state index contributed by atoms with van der Waals surface area (Å²) >= 11 is 0. The molecule has 0 atom stereocenters. The fourth-order valence-electron chi connectivity index (χ4n) is 1.51. The van der Waals surface area contributed by atoms with Gasteiger partial charge in [-0.3, -0.25) is 9.59 Å². The SMILES string of the molecule is COc1cc(CNC(=O)C(N)=O)c(OC)cc1C. The van der Waals surface area contributed by atoms with Gasteiger partial charge in [0.2, 0.25) is 0 Å². The van der Waals surface area contributed by atoms with Gasteiger partial charge < -0.3 is 20.5 Å². The van der Waals surface area contributed by atoms with Crippen molar-refractivity contribution >= 4 is 11.8 Å². The summed E-state index contributed by atoms with van der Waals surface area (Å²) in [6.45, 7) is 2.02. The highest BCUT2D eigenvalue weighted by molar-refractivity contribution is 6.34. The van der Waals surface area contributed by atoms with Gasteiger partial charge >= 0.3 is 11.8 Å². The lowest BCUT2D eigenvalue weighted by Gasteiger charge is -2.13. The fourth-order valence-corrected chi connectivity index (χ4v) is 1.51. The molecule has 0 aliphatic rings. The maximum atomic E-state index is 11.1. The van der Waals surface area contributed by atoms with Crippen LogP contribution in [0.2, 0.25) is 0 Å². The van der Waals surface area contributed by atoms with E-state index in [1.54, 1.807) is 19.2 Å². The fraction of sp³-hybridized carbons (Fsp3) is 0.333. The van der Waals surface area contributed by atoms with E-state index < -0.39 is 11.8 Å². The van der Waals surface area contributed by atoms with E-state index in [4.69, 9.17) is 15.2 Å². The van der Waals surface area contributed by atoms with E-state index in [0.29, 0.717) is 17.1 Å². The van der Waals surface area contributed by atoms with Crippen molar-refractivity contribution in [2.75, 3.05) is 14.2 Å². The molecule has 0 unspecified atom stereocenters. The van der Waals surface area contributed by atoms with E-state index >= 15 is 0 Å². The molecule has 0 aromatic heterocycles. The predicted molar refractivity (Wildman–Crippen MR) is 65.3 cm³/mol. The minimum Gasteiger partial charge on any atom is -0.496 e. The first-order valence-corrected chi connectivity index (χ1v) is 5.28. The van der Waals surface area contributed by atoms with Crippen molar-refractivity contribution in [3.8, 4) is 11.5 Å². The second-order valence-electron chi connectivity index (χ2n) is 3.68. The number of carbonyl (C=O) groups is 2. The van der Waals surface area contributed by atoms with E-state index in [1.807, 2.05) is 6.92 Å². The number of methoxy groups -OCH3 is 2. The van der Waals surface area contributed by atoms with Crippen LogP contribution in [-0.2, 0) is 16.1 Å². The number of ether oxygens (including phenoxy) is 2. The molecule has 0 fully saturated rings. The Morgan fingerprint density at radius 3 is 2.33 bits per heavy atom. The minimum atomic E-state index is -1.02. The third-order valence-corrected chi connectivity index (χ3v) is 2.46. The molecule has 0 radical (unpaired) electrons. The summed E-state index contributed by atoms with van der Waals surface area (Å²) < 4.78 is 10.4. The van der Waals surface area contributed by atoms with Gasteiger partial charge in [0.15, 0.2) is 0 Å². The molecule has 0 saturated heterocycles. The summed E-state index contributed by atoms with van der Waals surface area (Å²) in [5, 5.41) is 2.39. The lowest BCUT2D eigenvalue weighted by Crippen LogP contribution is -2.35. The molecule has 1 aromatic rings. The second kappa shape index (κ2) is 5.90. The number of rotatable bonds is 4. The van der Waals surface area contributed by atoms with Crippen LogP contribution in [0.5, 0.6) is 11.5 Å². The van der Waals surface area contributed by atoms with E-state index in [-0.39, 0.29) is 6.54 Å². The smallest absolute Gasteiger partial charge is 0.309 e.